The second-order valence-electron chi connectivity index (χ2n) is 6.99. The second kappa shape index (κ2) is 8.75. The summed E-state index contributed by atoms with van der Waals surface area (Å²) in [4.78, 5) is 15.6. The number of benzene rings is 2. The Bertz CT molecular complexity index is 1160. The normalized spacial score (nSPS) is 11.9. The molecular weight excluding hydrogens is 433 g/mol. The SMILES string of the molecule is CC(C)NS(=O)(=O)Cc1ccccc1CNC(=O)c1[nH]c2ccc(Cl)cc2c1Cl. The summed E-state index contributed by atoms with van der Waals surface area (Å²) >= 11 is 12.3. The third kappa shape index (κ3) is 5.30. The van der Waals surface area contributed by atoms with Gasteiger partial charge in [0.2, 0.25) is 10.0 Å². The summed E-state index contributed by atoms with van der Waals surface area (Å²) in [7, 11) is -3.48. The first-order valence-corrected chi connectivity index (χ1v) is 11.4. The lowest BCUT2D eigenvalue weighted by atomic mass is 10.1. The highest BCUT2D eigenvalue weighted by molar-refractivity contribution is 7.88. The maximum absolute atomic E-state index is 12.6. The molecule has 154 valence electrons. The molecule has 6 nitrogen and oxygen atoms in total. The van der Waals surface area contributed by atoms with E-state index in [1.54, 1.807) is 56.3 Å². The van der Waals surface area contributed by atoms with Gasteiger partial charge in [-0.1, -0.05) is 47.5 Å². The van der Waals surface area contributed by atoms with Crippen LogP contribution in [0, 0.1) is 0 Å². The van der Waals surface area contributed by atoms with Gasteiger partial charge < -0.3 is 10.3 Å². The summed E-state index contributed by atoms with van der Waals surface area (Å²) in [5, 5.41) is 4.27. The summed E-state index contributed by atoms with van der Waals surface area (Å²) in [5.74, 6) is -0.552. The van der Waals surface area contributed by atoms with E-state index in [-0.39, 0.29) is 35.0 Å². The molecule has 0 unspecified atom stereocenters. The van der Waals surface area contributed by atoms with Crippen LogP contribution in [-0.2, 0) is 22.3 Å². The smallest absolute Gasteiger partial charge is 0.269 e. The van der Waals surface area contributed by atoms with Gasteiger partial charge in [0.1, 0.15) is 5.69 Å². The van der Waals surface area contributed by atoms with E-state index in [9.17, 15) is 13.2 Å². The van der Waals surface area contributed by atoms with Gasteiger partial charge in [-0.2, -0.15) is 0 Å². The van der Waals surface area contributed by atoms with Crippen LogP contribution in [0.25, 0.3) is 10.9 Å². The fraction of sp³-hybridized carbons (Fsp3) is 0.250. The zero-order valence-electron chi connectivity index (χ0n) is 15.9. The Labute approximate surface area is 179 Å². The highest BCUT2D eigenvalue weighted by Crippen LogP contribution is 2.29. The predicted octanol–water partition coefficient (Wildman–Crippen LogP) is 4.23. The van der Waals surface area contributed by atoms with E-state index in [1.807, 2.05) is 0 Å². The standard InChI is InChI=1S/C20H21Cl2N3O3S/c1-12(2)25-29(27,28)11-14-6-4-3-5-13(14)10-23-20(26)19-18(22)16-9-15(21)7-8-17(16)24-19/h3-9,12,24-25H,10-11H2,1-2H3,(H,23,26). The molecule has 29 heavy (non-hydrogen) atoms. The van der Waals surface area contributed by atoms with Gasteiger partial charge in [0.15, 0.2) is 0 Å². The Kier molecular flexibility index (Phi) is 6.53. The van der Waals surface area contributed by atoms with Crippen molar-refractivity contribution in [2.75, 3.05) is 0 Å². The minimum Gasteiger partial charge on any atom is -0.349 e. The summed E-state index contributed by atoms with van der Waals surface area (Å²) in [6, 6.07) is 12.0. The van der Waals surface area contributed by atoms with E-state index in [4.69, 9.17) is 23.2 Å². The average Bonchev–Trinajstić information content (AvgIpc) is 2.95. The molecule has 0 saturated heterocycles. The van der Waals surface area contributed by atoms with Crippen molar-refractivity contribution in [3.63, 3.8) is 0 Å². The highest BCUT2D eigenvalue weighted by atomic mass is 35.5. The summed E-state index contributed by atoms with van der Waals surface area (Å²) < 4.78 is 27.1. The average molecular weight is 454 g/mol. The molecule has 0 atom stereocenters. The van der Waals surface area contributed by atoms with Crippen LogP contribution >= 0.6 is 23.2 Å². The summed E-state index contributed by atoms with van der Waals surface area (Å²) in [5.41, 5.74) is 2.27. The molecular formula is C20H21Cl2N3O3S. The quantitative estimate of drug-likeness (QED) is 0.499. The Balaban J connectivity index is 1.77. The van der Waals surface area contributed by atoms with E-state index in [2.05, 4.69) is 15.0 Å². The number of carbonyl (C=O) groups excluding carboxylic acids is 1. The maximum atomic E-state index is 12.6. The van der Waals surface area contributed by atoms with Gasteiger partial charge in [-0.3, -0.25) is 4.79 Å². The first kappa shape index (κ1) is 21.6. The molecule has 0 fully saturated rings. The van der Waals surface area contributed by atoms with Crippen molar-refractivity contribution in [3.05, 3.63) is 69.3 Å². The van der Waals surface area contributed by atoms with Gasteiger partial charge in [-0.05, 0) is 43.2 Å². The van der Waals surface area contributed by atoms with Crippen molar-refractivity contribution < 1.29 is 13.2 Å². The lowest BCUT2D eigenvalue weighted by Gasteiger charge is -2.13. The Morgan fingerprint density at radius 1 is 1.10 bits per heavy atom. The van der Waals surface area contributed by atoms with Gasteiger partial charge in [-0.25, -0.2) is 13.1 Å². The number of fused-ring (bicyclic) bond motifs is 1. The zero-order valence-corrected chi connectivity index (χ0v) is 18.3. The third-order valence-electron chi connectivity index (χ3n) is 4.24. The Hall–Kier alpha value is -2.06. The first-order chi connectivity index (χ1) is 13.7. The van der Waals surface area contributed by atoms with E-state index >= 15 is 0 Å². The molecule has 0 aliphatic heterocycles. The molecule has 0 bridgehead atoms. The third-order valence-corrected chi connectivity index (χ3v) is 6.39. The molecule has 9 heteroatoms. The van der Waals surface area contributed by atoms with Gasteiger partial charge in [-0.15, -0.1) is 0 Å². The number of carbonyl (C=O) groups is 1. The van der Waals surface area contributed by atoms with Crippen LogP contribution in [0.2, 0.25) is 10.0 Å². The molecule has 1 aromatic heterocycles. The maximum Gasteiger partial charge on any atom is 0.269 e. The van der Waals surface area contributed by atoms with Crippen molar-refractivity contribution in [1.82, 2.24) is 15.0 Å². The fourth-order valence-corrected chi connectivity index (χ4v) is 4.98. The van der Waals surface area contributed by atoms with Crippen LogP contribution in [0.5, 0.6) is 0 Å². The van der Waals surface area contributed by atoms with Gasteiger partial charge in [0.25, 0.3) is 5.91 Å². The first-order valence-electron chi connectivity index (χ1n) is 8.98. The molecule has 0 spiro atoms. The topological polar surface area (TPSA) is 91.1 Å². The zero-order chi connectivity index (χ0) is 21.2. The van der Waals surface area contributed by atoms with E-state index in [1.165, 1.54) is 0 Å². The van der Waals surface area contributed by atoms with Gasteiger partial charge >= 0.3 is 0 Å². The van der Waals surface area contributed by atoms with Crippen LogP contribution in [0.3, 0.4) is 0 Å². The number of halogens is 2. The number of aromatic amines is 1. The largest absolute Gasteiger partial charge is 0.349 e. The molecule has 1 heterocycles. The minimum atomic E-state index is -3.48. The van der Waals surface area contributed by atoms with Crippen molar-refractivity contribution in [2.24, 2.45) is 0 Å². The lowest BCUT2D eigenvalue weighted by Crippen LogP contribution is -2.32. The van der Waals surface area contributed by atoms with Gasteiger partial charge in [0, 0.05) is 28.5 Å². The van der Waals surface area contributed by atoms with Crippen LogP contribution in [0.4, 0.5) is 0 Å². The van der Waals surface area contributed by atoms with Crippen LogP contribution in [0.15, 0.2) is 42.5 Å². The molecule has 0 saturated carbocycles. The predicted molar refractivity (Wildman–Crippen MR) is 117 cm³/mol. The monoisotopic (exact) mass is 453 g/mol. The van der Waals surface area contributed by atoms with E-state index in [0.29, 0.717) is 27.1 Å². The summed E-state index contributed by atoms with van der Waals surface area (Å²) in [6.45, 7) is 3.69. The molecule has 3 aromatic rings. The molecule has 0 radical (unpaired) electrons. The summed E-state index contributed by atoms with van der Waals surface area (Å²) in [6.07, 6.45) is 0. The second-order valence-corrected chi connectivity index (χ2v) is 9.56. The van der Waals surface area contributed by atoms with Crippen molar-refractivity contribution in [2.45, 2.75) is 32.2 Å². The van der Waals surface area contributed by atoms with Gasteiger partial charge in [0.05, 0.1) is 10.8 Å². The number of sulfonamides is 1. The van der Waals surface area contributed by atoms with Crippen LogP contribution in [0.1, 0.15) is 35.5 Å². The number of amides is 1. The molecule has 0 aliphatic rings. The van der Waals surface area contributed by atoms with Crippen LogP contribution < -0.4 is 10.0 Å². The number of H-pyrrole nitrogens is 1. The molecule has 1 amide bonds. The number of nitrogens with one attached hydrogen (secondary N) is 3. The van der Waals surface area contributed by atoms with Crippen molar-refractivity contribution >= 4 is 50.0 Å². The van der Waals surface area contributed by atoms with Crippen LogP contribution in [-0.4, -0.2) is 25.4 Å². The van der Waals surface area contributed by atoms with E-state index < -0.39 is 10.0 Å². The number of aromatic nitrogens is 1. The minimum absolute atomic E-state index is 0.164. The lowest BCUT2D eigenvalue weighted by molar-refractivity contribution is 0.0947. The molecule has 2 aromatic carbocycles. The molecule has 0 aliphatic carbocycles. The fourth-order valence-electron chi connectivity index (χ4n) is 3.03. The van der Waals surface area contributed by atoms with Crippen molar-refractivity contribution in [3.8, 4) is 0 Å². The Morgan fingerprint density at radius 3 is 2.48 bits per heavy atom. The number of rotatable bonds is 7. The number of hydrogen-bond donors (Lipinski definition) is 3. The molecule has 3 N–H and O–H groups in total. The molecule has 3 rings (SSSR count). The Morgan fingerprint density at radius 2 is 1.79 bits per heavy atom. The van der Waals surface area contributed by atoms with E-state index in [0.717, 1.165) is 0 Å². The highest BCUT2D eigenvalue weighted by Gasteiger charge is 2.18. The van der Waals surface area contributed by atoms with Crippen molar-refractivity contribution in [1.29, 1.82) is 0 Å². The number of hydrogen-bond acceptors (Lipinski definition) is 3.